The summed E-state index contributed by atoms with van der Waals surface area (Å²) >= 11 is 0. The Labute approximate surface area is 125 Å². The molecule has 0 spiro atoms. The lowest BCUT2D eigenvalue weighted by molar-refractivity contribution is 0.0599. The molecule has 5 nitrogen and oxygen atoms in total. The maximum absolute atomic E-state index is 12.8. The lowest BCUT2D eigenvalue weighted by Crippen LogP contribution is -2.42. The Morgan fingerprint density at radius 2 is 2.10 bits per heavy atom. The van der Waals surface area contributed by atoms with Gasteiger partial charge in [-0.1, -0.05) is 6.92 Å². The minimum absolute atomic E-state index is 0.00967. The molecular formula is C16H24N2O3. The van der Waals surface area contributed by atoms with Crippen molar-refractivity contribution in [2.24, 2.45) is 0 Å². The van der Waals surface area contributed by atoms with E-state index in [4.69, 9.17) is 4.74 Å². The number of hydrogen-bond acceptors (Lipinski definition) is 3. The number of aromatic amines is 1. The lowest BCUT2D eigenvalue weighted by Gasteiger charge is -2.33. The van der Waals surface area contributed by atoms with Gasteiger partial charge in [0.05, 0.1) is 12.7 Å². The SMILES string of the molecule is CCc1[nH]c(C(=O)N2CCCCC2C)c(C)c1C(=O)OC. The zero-order valence-electron chi connectivity index (χ0n) is 13.3. The zero-order valence-corrected chi connectivity index (χ0v) is 13.3. The van der Waals surface area contributed by atoms with Crippen LogP contribution < -0.4 is 0 Å². The highest BCUT2D eigenvalue weighted by atomic mass is 16.5. The molecule has 1 atom stereocenters. The molecule has 5 heteroatoms. The van der Waals surface area contributed by atoms with Gasteiger partial charge in [-0.2, -0.15) is 0 Å². The van der Waals surface area contributed by atoms with Crippen LogP contribution in [0.25, 0.3) is 0 Å². The summed E-state index contributed by atoms with van der Waals surface area (Å²) < 4.78 is 4.84. The molecule has 1 unspecified atom stereocenters. The number of esters is 1. The van der Waals surface area contributed by atoms with Crippen molar-refractivity contribution < 1.29 is 14.3 Å². The number of methoxy groups -OCH3 is 1. The third kappa shape index (κ3) is 2.82. The first-order valence-electron chi connectivity index (χ1n) is 7.61. The number of carbonyl (C=O) groups excluding carboxylic acids is 2. The number of nitrogens with zero attached hydrogens (tertiary/aromatic N) is 1. The third-order valence-electron chi connectivity index (χ3n) is 4.35. The van der Waals surface area contributed by atoms with E-state index in [1.165, 1.54) is 13.5 Å². The first kappa shape index (κ1) is 15.6. The van der Waals surface area contributed by atoms with Gasteiger partial charge in [0.2, 0.25) is 0 Å². The smallest absolute Gasteiger partial charge is 0.339 e. The molecule has 21 heavy (non-hydrogen) atoms. The maximum Gasteiger partial charge on any atom is 0.339 e. The molecule has 1 aromatic heterocycles. The molecular weight excluding hydrogens is 268 g/mol. The zero-order chi connectivity index (χ0) is 15.6. The third-order valence-corrected chi connectivity index (χ3v) is 4.35. The molecule has 0 bridgehead atoms. The quantitative estimate of drug-likeness (QED) is 0.871. The lowest BCUT2D eigenvalue weighted by atomic mass is 10.0. The fourth-order valence-electron chi connectivity index (χ4n) is 3.06. The highest BCUT2D eigenvalue weighted by Gasteiger charge is 2.29. The summed E-state index contributed by atoms with van der Waals surface area (Å²) in [6.45, 7) is 6.63. The van der Waals surface area contributed by atoms with E-state index in [0.29, 0.717) is 23.2 Å². The van der Waals surface area contributed by atoms with Crippen molar-refractivity contribution in [2.75, 3.05) is 13.7 Å². The van der Waals surface area contributed by atoms with Crippen LogP contribution >= 0.6 is 0 Å². The number of carbonyl (C=O) groups is 2. The van der Waals surface area contributed by atoms with Crippen LogP contribution in [0.1, 0.15) is 65.2 Å². The van der Waals surface area contributed by atoms with Crippen molar-refractivity contribution in [3.8, 4) is 0 Å². The topological polar surface area (TPSA) is 62.4 Å². The Kier molecular flexibility index (Phi) is 4.70. The van der Waals surface area contributed by atoms with E-state index in [0.717, 1.165) is 25.1 Å². The number of H-pyrrole nitrogens is 1. The van der Waals surface area contributed by atoms with E-state index in [9.17, 15) is 9.59 Å². The fourth-order valence-corrected chi connectivity index (χ4v) is 3.06. The van der Waals surface area contributed by atoms with E-state index in [-0.39, 0.29) is 17.9 Å². The van der Waals surface area contributed by atoms with Gasteiger partial charge in [-0.25, -0.2) is 4.79 Å². The molecule has 1 N–H and O–H groups in total. The van der Waals surface area contributed by atoms with Gasteiger partial charge in [0.1, 0.15) is 5.69 Å². The summed E-state index contributed by atoms with van der Waals surface area (Å²) in [7, 11) is 1.36. The van der Waals surface area contributed by atoms with Crippen molar-refractivity contribution in [3.63, 3.8) is 0 Å². The molecule has 0 aliphatic carbocycles. The monoisotopic (exact) mass is 292 g/mol. The Bertz CT molecular complexity index is 548. The Morgan fingerprint density at radius 1 is 1.38 bits per heavy atom. The van der Waals surface area contributed by atoms with E-state index in [1.54, 1.807) is 0 Å². The number of aromatic nitrogens is 1. The summed E-state index contributed by atoms with van der Waals surface area (Å²) in [4.78, 5) is 29.7. The molecule has 2 heterocycles. The Balaban J connectivity index is 2.37. The molecule has 0 aromatic carbocycles. The summed E-state index contributed by atoms with van der Waals surface area (Å²) in [6.07, 6.45) is 3.91. The molecule has 1 aliphatic rings. The van der Waals surface area contributed by atoms with E-state index in [2.05, 4.69) is 11.9 Å². The molecule has 1 amide bonds. The van der Waals surface area contributed by atoms with Crippen molar-refractivity contribution in [2.45, 2.75) is 52.5 Å². The number of ether oxygens (including phenoxy) is 1. The molecule has 0 radical (unpaired) electrons. The van der Waals surface area contributed by atoms with E-state index in [1.807, 2.05) is 18.7 Å². The number of likely N-dealkylation sites (tertiary alicyclic amines) is 1. The van der Waals surface area contributed by atoms with Gasteiger partial charge in [0, 0.05) is 18.3 Å². The first-order chi connectivity index (χ1) is 10.0. The van der Waals surface area contributed by atoms with Crippen LogP contribution in [0.15, 0.2) is 0 Å². The van der Waals surface area contributed by atoms with E-state index < -0.39 is 0 Å². The van der Waals surface area contributed by atoms with Crippen LogP contribution in [0, 0.1) is 6.92 Å². The second kappa shape index (κ2) is 6.33. The van der Waals surface area contributed by atoms with Gasteiger partial charge in [-0.15, -0.1) is 0 Å². The molecule has 1 aliphatic heterocycles. The Hall–Kier alpha value is -1.78. The maximum atomic E-state index is 12.8. The number of aryl methyl sites for hydroxylation is 1. The normalized spacial score (nSPS) is 18.7. The molecule has 1 aromatic rings. The minimum Gasteiger partial charge on any atom is -0.465 e. The van der Waals surface area contributed by atoms with Crippen LogP contribution in [0.2, 0.25) is 0 Å². The standard InChI is InChI=1S/C16H24N2O3/c1-5-12-13(16(20)21-4)11(3)14(17-12)15(19)18-9-7-6-8-10(18)2/h10,17H,5-9H2,1-4H3. The Morgan fingerprint density at radius 3 is 2.67 bits per heavy atom. The van der Waals surface area contributed by atoms with Crippen LogP contribution in [0.5, 0.6) is 0 Å². The highest BCUT2D eigenvalue weighted by Crippen LogP contribution is 2.24. The summed E-state index contributed by atoms with van der Waals surface area (Å²) in [5, 5.41) is 0. The average Bonchev–Trinajstić information content (AvgIpc) is 2.83. The van der Waals surface area contributed by atoms with Crippen LogP contribution in [-0.2, 0) is 11.2 Å². The minimum atomic E-state index is -0.383. The fraction of sp³-hybridized carbons (Fsp3) is 0.625. The van der Waals surface area contributed by atoms with Crippen molar-refractivity contribution in [1.29, 1.82) is 0 Å². The number of amides is 1. The molecule has 1 fully saturated rings. The molecule has 1 saturated heterocycles. The number of piperidine rings is 1. The predicted octanol–water partition coefficient (Wildman–Crippen LogP) is 2.69. The van der Waals surface area contributed by atoms with Gasteiger partial charge < -0.3 is 14.6 Å². The van der Waals surface area contributed by atoms with Crippen LogP contribution in [-0.4, -0.2) is 41.5 Å². The van der Waals surface area contributed by atoms with Gasteiger partial charge in [0.25, 0.3) is 5.91 Å². The summed E-state index contributed by atoms with van der Waals surface area (Å²) in [5.41, 5.74) is 2.50. The van der Waals surface area contributed by atoms with Gasteiger partial charge in [-0.3, -0.25) is 4.79 Å². The van der Waals surface area contributed by atoms with Crippen LogP contribution in [0.4, 0.5) is 0 Å². The largest absolute Gasteiger partial charge is 0.465 e. The average molecular weight is 292 g/mol. The van der Waals surface area contributed by atoms with E-state index >= 15 is 0 Å². The number of hydrogen-bond donors (Lipinski definition) is 1. The number of rotatable bonds is 3. The van der Waals surface area contributed by atoms with Crippen LogP contribution in [0.3, 0.4) is 0 Å². The van der Waals surface area contributed by atoms with Crippen molar-refractivity contribution >= 4 is 11.9 Å². The van der Waals surface area contributed by atoms with Gasteiger partial charge in [0.15, 0.2) is 0 Å². The molecule has 0 saturated carbocycles. The number of nitrogens with one attached hydrogen (secondary N) is 1. The van der Waals surface area contributed by atoms with Gasteiger partial charge >= 0.3 is 5.97 Å². The van der Waals surface area contributed by atoms with Crippen molar-refractivity contribution in [1.82, 2.24) is 9.88 Å². The van der Waals surface area contributed by atoms with Gasteiger partial charge in [-0.05, 0) is 45.1 Å². The molecule has 2 rings (SSSR count). The summed E-state index contributed by atoms with van der Waals surface area (Å²) in [6, 6.07) is 0.251. The second-order valence-corrected chi connectivity index (χ2v) is 5.67. The second-order valence-electron chi connectivity index (χ2n) is 5.67. The highest BCUT2D eigenvalue weighted by molar-refractivity contribution is 6.00. The van der Waals surface area contributed by atoms with Crippen molar-refractivity contribution in [3.05, 3.63) is 22.5 Å². The molecule has 116 valence electrons. The summed E-state index contributed by atoms with van der Waals surface area (Å²) in [5.74, 6) is -0.393. The first-order valence-corrected chi connectivity index (χ1v) is 7.61. The predicted molar refractivity (Wildman–Crippen MR) is 80.6 cm³/mol.